The molecular formula is C26H31N3O2S2. The van der Waals surface area contributed by atoms with Gasteiger partial charge in [0, 0.05) is 23.5 Å². The minimum atomic E-state index is -0.0886. The van der Waals surface area contributed by atoms with Gasteiger partial charge in [-0.05, 0) is 30.7 Å². The van der Waals surface area contributed by atoms with E-state index in [0.717, 1.165) is 24.0 Å². The van der Waals surface area contributed by atoms with Gasteiger partial charge in [0.05, 0.1) is 11.1 Å². The zero-order chi connectivity index (χ0) is 23.5. The van der Waals surface area contributed by atoms with Crippen molar-refractivity contribution in [3.8, 4) is 11.1 Å². The summed E-state index contributed by atoms with van der Waals surface area (Å²) in [6.07, 6.45) is 5.11. The predicted octanol–water partition coefficient (Wildman–Crippen LogP) is 5.65. The third-order valence-electron chi connectivity index (χ3n) is 6.72. The smallest absolute Gasteiger partial charge is 0.263 e. The first-order chi connectivity index (χ1) is 15.9. The number of nitrogens with one attached hydrogen (secondary N) is 1. The highest BCUT2D eigenvalue weighted by Gasteiger charge is 2.28. The summed E-state index contributed by atoms with van der Waals surface area (Å²) in [5, 5.41) is 6.39. The highest BCUT2D eigenvalue weighted by atomic mass is 32.2. The van der Waals surface area contributed by atoms with Gasteiger partial charge in [0.25, 0.3) is 5.56 Å². The summed E-state index contributed by atoms with van der Waals surface area (Å²) >= 11 is 2.79. The molecule has 1 N–H and O–H groups in total. The van der Waals surface area contributed by atoms with Crippen LogP contribution >= 0.6 is 23.1 Å². The topological polar surface area (TPSA) is 64.0 Å². The number of aryl methyl sites for hydroxylation is 1. The van der Waals surface area contributed by atoms with Gasteiger partial charge in [0.15, 0.2) is 5.16 Å². The van der Waals surface area contributed by atoms with Crippen LogP contribution in [0.15, 0.2) is 52.3 Å². The summed E-state index contributed by atoms with van der Waals surface area (Å²) in [5.74, 6) is 1.34. The van der Waals surface area contributed by atoms with Crippen LogP contribution in [0.5, 0.6) is 0 Å². The lowest BCUT2D eigenvalue weighted by Crippen LogP contribution is -2.44. The van der Waals surface area contributed by atoms with Crippen molar-refractivity contribution in [2.24, 2.45) is 11.8 Å². The molecule has 1 aliphatic carbocycles. The maximum atomic E-state index is 13.5. The Morgan fingerprint density at radius 3 is 2.79 bits per heavy atom. The first-order valence-electron chi connectivity index (χ1n) is 11.5. The Bertz CT molecular complexity index is 1210. The number of amides is 1. The third kappa shape index (κ3) is 5.09. The number of allylic oxidation sites excluding steroid dienone is 1. The highest BCUT2D eigenvalue weighted by Crippen LogP contribution is 2.33. The third-order valence-corrected chi connectivity index (χ3v) is 8.57. The minimum Gasteiger partial charge on any atom is -0.352 e. The number of fused-ring (bicyclic) bond motifs is 1. The molecule has 0 radical (unpaired) electrons. The summed E-state index contributed by atoms with van der Waals surface area (Å²) in [7, 11) is 0. The van der Waals surface area contributed by atoms with Gasteiger partial charge in [-0.2, -0.15) is 0 Å². The van der Waals surface area contributed by atoms with Gasteiger partial charge in [-0.1, -0.05) is 74.4 Å². The molecule has 3 aromatic rings. The number of hydrogen-bond donors (Lipinski definition) is 1. The number of carbonyl (C=O) groups excluding carboxylic acids is 1. The number of benzene rings is 1. The van der Waals surface area contributed by atoms with E-state index in [-0.39, 0.29) is 23.3 Å². The zero-order valence-corrected chi connectivity index (χ0v) is 21.1. The number of thiophene rings is 1. The van der Waals surface area contributed by atoms with Crippen molar-refractivity contribution in [2.75, 3.05) is 5.75 Å². The van der Waals surface area contributed by atoms with Gasteiger partial charge < -0.3 is 5.32 Å². The quantitative estimate of drug-likeness (QED) is 0.269. The van der Waals surface area contributed by atoms with Crippen molar-refractivity contribution in [1.29, 1.82) is 0 Å². The average Bonchev–Trinajstić information content (AvgIpc) is 3.22. The molecule has 1 amide bonds. The van der Waals surface area contributed by atoms with Gasteiger partial charge in [-0.25, -0.2) is 4.98 Å². The molecule has 4 rings (SSSR count). The standard InChI is InChI=1S/C26H31N3O2S2/c1-5-13-29-25(31)23-20(19-11-9-16(2)10-12-19)14-32-24(23)28-26(29)33-15-22(30)27-21-8-6-7-17(3)18(21)4/h5,9-12,14,17-18,21H,1,6-8,13,15H2,2-4H3,(H,27,30). The molecule has 0 spiro atoms. The molecule has 7 heteroatoms. The minimum absolute atomic E-state index is 0.00280. The molecule has 0 aliphatic heterocycles. The van der Waals surface area contributed by atoms with E-state index in [4.69, 9.17) is 4.98 Å². The molecule has 1 fully saturated rings. The first-order valence-corrected chi connectivity index (χ1v) is 13.4. The molecule has 1 saturated carbocycles. The van der Waals surface area contributed by atoms with Gasteiger partial charge in [0.2, 0.25) is 5.91 Å². The Labute approximate surface area is 203 Å². The number of nitrogens with zero attached hydrogens (tertiary/aromatic N) is 2. The second-order valence-electron chi connectivity index (χ2n) is 9.02. The van der Waals surface area contributed by atoms with Crippen LogP contribution in [0.25, 0.3) is 21.3 Å². The molecule has 2 heterocycles. The fourth-order valence-electron chi connectivity index (χ4n) is 4.52. The number of rotatable bonds is 7. The fraction of sp³-hybridized carbons (Fsp3) is 0.423. The Balaban J connectivity index is 1.58. The average molecular weight is 482 g/mol. The van der Waals surface area contributed by atoms with Crippen molar-refractivity contribution in [1.82, 2.24) is 14.9 Å². The van der Waals surface area contributed by atoms with Crippen LogP contribution in [0.3, 0.4) is 0 Å². The lowest BCUT2D eigenvalue weighted by molar-refractivity contribution is -0.120. The number of thioether (sulfide) groups is 1. The van der Waals surface area contributed by atoms with Crippen LogP contribution in [0, 0.1) is 18.8 Å². The molecule has 2 aromatic heterocycles. The Hall–Kier alpha value is -2.38. The maximum absolute atomic E-state index is 13.5. The normalized spacial score (nSPS) is 20.6. The lowest BCUT2D eigenvalue weighted by atomic mass is 9.78. The van der Waals surface area contributed by atoms with E-state index in [1.807, 2.05) is 36.6 Å². The number of aromatic nitrogens is 2. The summed E-state index contributed by atoms with van der Waals surface area (Å²) in [5.41, 5.74) is 3.00. The van der Waals surface area contributed by atoms with Gasteiger partial charge in [-0.15, -0.1) is 17.9 Å². The Kier molecular flexibility index (Phi) is 7.39. The monoisotopic (exact) mass is 481 g/mol. The number of carbonyl (C=O) groups is 1. The lowest BCUT2D eigenvalue weighted by Gasteiger charge is -2.34. The van der Waals surface area contributed by atoms with Crippen LogP contribution in [0.2, 0.25) is 0 Å². The molecule has 1 aromatic carbocycles. The molecule has 33 heavy (non-hydrogen) atoms. The summed E-state index contributed by atoms with van der Waals surface area (Å²) in [6, 6.07) is 8.39. The van der Waals surface area contributed by atoms with E-state index >= 15 is 0 Å². The van der Waals surface area contributed by atoms with Crippen molar-refractivity contribution in [3.63, 3.8) is 0 Å². The van der Waals surface area contributed by atoms with Crippen molar-refractivity contribution in [2.45, 2.75) is 57.8 Å². The van der Waals surface area contributed by atoms with Crippen molar-refractivity contribution < 1.29 is 4.79 Å². The summed E-state index contributed by atoms with van der Waals surface area (Å²) in [6.45, 7) is 10.7. The molecule has 0 bridgehead atoms. The molecule has 3 unspecified atom stereocenters. The Morgan fingerprint density at radius 1 is 1.30 bits per heavy atom. The molecular weight excluding hydrogens is 450 g/mol. The maximum Gasteiger partial charge on any atom is 0.263 e. The zero-order valence-electron chi connectivity index (χ0n) is 19.5. The molecule has 0 saturated heterocycles. The van der Waals surface area contributed by atoms with Crippen LogP contribution in [-0.4, -0.2) is 27.3 Å². The van der Waals surface area contributed by atoms with Gasteiger partial charge in [-0.3, -0.25) is 14.2 Å². The molecule has 3 atom stereocenters. The van der Waals surface area contributed by atoms with E-state index in [9.17, 15) is 9.59 Å². The van der Waals surface area contributed by atoms with Crippen LogP contribution < -0.4 is 10.9 Å². The molecule has 5 nitrogen and oxygen atoms in total. The van der Waals surface area contributed by atoms with Crippen molar-refractivity contribution >= 4 is 39.2 Å². The van der Waals surface area contributed by atoms with E-state index in [1.165, 1.54) is 35.1 Å². The summed E-state index contributed by atoms with van der Waals surface area (Å²) in [4.78, 5) is 31.7. The van der Waals surface area contributed by atoms with E-state index in [2.05, 4.69) is 25.7 Å². The second kappa shape index (κ2) is 10.3. The first kappa shape index (κ1) is 23.8. The van der Waals surface area contributed by atoms with Gasteiger partial charge in [0.1, 0.15) is 4.83 Å². The molecule has 174 valence electrons. The van der Waals surface area contributed by atoms with E-state index in [0.29, 0.717) is 33.8 Å². The van der Waals surface area contributed by atoms with Crippen molar-refractivity contribution in [3.05, 3.63) is 58.2 Å². The Morgan fingerprint density at radius 2 is 2.06 bits per heavy atom. The summed E-state index contributed by atoms with van der Waals surface area (Å²) < 4.78 is 1.63. The van der Waals surface area contributed by atoms with E-state index in [1.54, 1.807) is 10.6 Å². The largest absolute Gasteiger partial charge is 0.352 e. The van der Waals surface area contributed by atoms with Crippen LogP contribution in [0.1, 0.15) is 38.7 Å². The number of hydrogen-bond acceptors (Lipinski definition) is 5. The van der Waals surface area contributed by atoms with Gasteiger partial charge >= 0.3 is 0 Å². The SMILES string of the molecule is C=CCn1c(SCC(=O)NC2CCCC(C)C2C)nc2scc(-c3ccc(C)cc3)c2c1=O. The van der Waals surface area contributed by atoms with E-state index < -0.39 is 0 Å². The highest BCUT2D eigenvalue weighted by molar-refractivity contribution is 7.99. The van der Waals surface area contributed by atoms with Crippen LogP contribution in [0.4, 0.5) is 0 Å². The van der Waals surface area contributed by atoms with Crippen LogP contribution in [-0.2, 0) is 11.3 Å². The predicted molar refractivity (Wildman–Crippen MR) is 139 cm³/mol. The second-order valence-corrected chi connectivity index (χ2v) is 10.8. The molecule has 1 aliphatic rings. The fourth-order valence-corrected chi connectivity index (χ4v) is 6.32.